The highest BCUT2D eigenvalue weighted by Gasteiger charge is 2.22. The van der Waals surface area contributed by atoms with Crippen LogP contribution in [0.4, 0.5) is 0 Å². The molecule has 5 nitrogen and oxygen atoms in total. The first-order valence-electron chi connectivity index (χ1n) is 4.94. The summed E-state index contributed by atoms with van der Waals surface area (Å²) in [4.78, 5) is 10.5. The highest BCUT2D eigenvalue weighted by atomic mass is 79.9. The smallest absolute Gasteiger partial charge is 0.320 e. The average Bonchev–Trinajstić information content (AvgIpc) is 2.37. The monoisotopic (exact) mass is 477 g/mol. The van der Waals surface area contributed by atoms with Crippen molar-refractivity contribution in [2.75, 3.05) is 13.7 Å². The third-order valence-corrected chi connectivity index (χ3v) is 5.70. The van der Waals surface area contributed by atoms with Crippen LogP contribution in [0.5, 0.6) is 0 Å². The Morgan fingerprint density at radius 2 is 2.05 bits per heavy atom. The van der Waals surface area contributed by atoms with Crippen molar-refractivity contribution < 1.29 is 17.9 Å². The van der Waals surface area contributed by atoms with Gasteiger partial charge in [0.2, 0.25) is 10.0 Å². The van der Waals surface area contributed by atoms with Crippen LogP contribution in [0.2, 0.25) is 0 Å². The number of nitrogens with one attached hydrogen (secondary N) is 1. The Morgan fingerprint density at radius 3 is 2.63 bits per heavy atom. The molecule has 1 atom stereocenters. The quantitative estimate of drug-likeness (QED) is 0.520. The molecule has 1 aromatic carbocycles. The molecule has 1 unspecified atom stereocenters. The van der Waals surface area contributed by atoms with E-state index >= 15 is 0 Å². The van der Waals surface area contributed by atoms with Gasteiger partial charge in [-0.2, -0.15) is 0 Å². The van der Waals surface area contributed by atoms with Crippen LogP contribution in [0.25, 0.3) is 0 Å². The van der Waals surface area contributed by atoms with Crippen molar-refractivity contribution in [1.82, 2.24) is 4.72 Å². The van der Waals surface area contributed by atoms with Crippen molar-refractivity contribution in [2.24, 2.45) is 0 Å². The zero-order valence-corrected chi connectivity index (χ0v) is 15.3. The maximum Gasteiger partial charge on any atom is 0.320 e. The third kappa shape index (κ3) is 4.82. The average molecular weight is 480 g/mol. The molecular weight excluding hydrogens is 470 g/mol. The molecule has 1 aromatic rings. The third-order valence-electron chi connectivity index (χ3n) is 2.09. The molecule has 0 bridgehead atoms. The Balaban J connectivity index is 2.87. The molecule has 19 heavy (non-hydrogen) atoms. The lowest BCUT2D eigenvalue weighted by Crippen LogP contribution is -2.34. The number of carbonyl (C=O) groups is 1. The van der Waals surface area contributed by atoms with Gasteiger partial charge in [-0.3, -0.25) is 4.79 Å². The second-order valence-electron chi connectivity index (χ2n) is 3.42. The highest BCUT2D eigenvalue weighted by molar-refractivity contribution is 9.11. The van der Waals surface area contributed by atoms with Gasteiger partial charge in [0.25, 0.3) is 0 Å². The van der Waals surface area contributed by atoms with Gasteiger partial charge < -0.3 is 4.74 Å². The van der Waals surface area contributed by atoms with E-state index in [0.29, 0.717) is 8.95 Å². The largest absolute Gasteiger partial charge is 0.468 e. The summed E-state index contributed by atoms with van der Waals surface area (Å²) in [7, 11) is -2.48. The van der Waals surface area contributed by atoms with E-state index in [0.717, 1.165) is 0 Å². The fraction of sp³-hybridized carbons (Fsp3) is 0.300. The minimum Gasteiger partial charge on any atom is -0.468 e. The number of benzene rings is 1. The fourth-order valence-corrected chi connectivity index (χ4v) is 4.27. The fourth-order valence-electron chi connectivity index (χ4n) is 1.15. The van der Waals surface area contributed by atoms with Gasteiger partial charge in [0.05, 0.1) is 12.0 Å². The van der Waals surface area contributed by atoms with E-state index < -0.39 is 20.8 Å². The molecule has 0 fully saturated rings. The van der Waals surface area contributed by atoms with Gasteiger partial charge in [0.15, 0.2) is 0 Å². The van der Waals surface area contributed by atoms with Crippen molar-refractivity contribution in [2.45, 2.75) is 9.72 Å². The van der Waals surface area contributed by atoms with Crippen LogP contribution in [-0.2, 0) is 19.6 Å². The summed E-state index contributed by atoms with van der Waals surface area (Å²) in [5.41, 5.74) is 0. The van der Waals surface area contributed by atoms with Gasteiger partial charge in [-0.25, -0.2) is 13.1 Å². The predicted octanol–water partition coefficient (Wildman–Crippen LogP) is 2.43. The Labute approximate surface area is 136 Å². The SMILES string of the molecule is COC(=O)C(Br)CNS(=O)(=O)c1cc(Br)ccc1Br. The molecule has 0 saturated carbocycles. The van der Waals surface area contributed by atoms with Crippen LogP contribution < -0.4 is 4.72 Å². The number of esters is 1. The summed E-state index contributed by atoms with van der Waals surface area (Å²) in [6.07, 6.45) is 0. The van der Waals surface area contributed by atoms with E-state index in [2.05, 4.69) is 57.2 Å². The van der Waals surface area contributed by atoms with Gasteiger partial charge >= 0.3 is 5.97 Å². The van der Waals surface area contributed by atoms with Crippen molar-refractivity contribution >= 4 is 63.8 Å². The Bertz CT molecular complexity index is 576. The van der Waals surface area contributed by atoms with Gasteiger partial charge in [0.1, 0.15) is 4.83 Å². The number of alkyl halides is 1. The summed E-state index contributed by atoms with van der Waals surface area (Å²) < 4.78 is 32.1. The number of sulfonamides is 1. The standard InChI is InChI=1S/C10H10Br3NO4S/c1-18-10(15)8(13)5-14-19(16,17)9-4-6(11)2-3-7(9)12/h2-4,8,14H,5H2,1H3. The van der Waals surface area contributed by atoms with Crippen LogP contribution in [0.3, 0.4) is 0 Å². The summed E-state index contributed by atoms with van der Waals surface area (Å²) >= 11 is 9.42. The lowest BCUT2D eigenvalue weighted by molar-refractivity contribution is -0.139. The predicted molar refractivity (Wildman–Crippen MR) is 81.8 cm³/mol. The lowest BCUT2D eigenvalue weighted by atomic mass is 10.4. The highest BCUT2D eigenvalue weighted by Crippen LogP contribution is 2.25. The minimum atomic E-state index is -3.71. The summed E-state index contributed by atoms with van der Waals surface area (Å²) in [6.45, 7) is -0.103. The second kappa shape index (κ2) is 7.16. The van der Waals surface area contributed by atoms with Crippen molar-refractivity contribution in [3.63, 3.8) is 0 Å². The molecule has 1 N–H and O–H groups in total. The van der Waals surface area contributed by atoms with Crippen molar-refractivity contribution in [1.29, 1.82) is 0 Å². The molecule has 0 aliphatic carbocycles. The Kier molecular flexibility index (Phi) is 6.44. The number of rotatable bonds is 5. The normalized spacial score (nSPS) is 13.1. The van der Waals surface area contributed by atoms with Crippen molar-refractivity contribution in [3.05, 3.63) is 27.1 Å². The maximum atomic E-state index is 12.1. The van der Waals surface area contributed by atoms with E-state index in [9.17, 15) is 13.2 Å². The molecule has 0 spiro atoms. The molecule has 0 saturated heterocycles. The second-order valence-corrected chi connectivity index (χ2v) is 8.03. The number of ether oxygens (including phenoxy) is 1. The topological polar surface area (TPSA) is 72.5 Å². The van der Waals surface area contributed by atoms with Gasteiger partial charge in [-0.15, -0.1) is 0 Å². The Hall–Kier alpha value is 0.0400. The summed E-state index contributed by atoms with van der Waals surface area (Å²) in [5.74, 6) is -0.545. The van der Waals surface area contributed by atoms with E-state index in [4.69, 9.17) is 0 Å². The van der Waals surface area contributed by atoms with Gasteiger partial charge in [-0.1, -0.05) is 31.9 Å². The number of carbonyl (C=O) groups excluding carboxylic acids is 1. The molecule has 9 heteroatoms. The number of halogens is 3. The minimum absolute atomic E-state index is 0.0893. The van der Waals surface area contributed by atoms with Gasteiger partial charge in [0, 0.05) is 15.5 Å². The molecule has 0 aliphatic heterocycles. The van der Waals surface area contributed by atoms with Crippen LogP contribution >= 0.6 is 47.8 Å². The molecule has 0 amide bonds. The van der Waals surface area contributed by atoms with Crippen LogP contribution in [0.15, 0.2) is 32.0 Å². The number of hydrogen-bond donors (Lipinski definition) is 1. The molecule has 0 aliphatic rings. The number of methoxy groups -OCH3 is 1. The number of hydrogen-bond acceptors (Lipinski definition) is 4. The Morgan fingerprint density at radius 1 is 1.42 bits per heavy atom. The molecular formula is C10H10Br3NO4S. The maximum absolute atomic E-state index is 12.1. The molecule has 106 valence electrons. The molecule has 0 aromatic heterocycles. The van der Waals surface area contributed by atoms with Crippen LogP contribution in [-0.4, -0.2) is 32.9 Å². The zero-order chi connectivity index (χ0) is 14.6. The van der Waals surface area contributed by atoms with Crippen LogP contribution in [0.1, 0.15) is 0 Å². The van der Waals surface area contributed by atoms with E-state index in [1.807, 2.05) is 0 Å². The lowest BCUT2D eigenvalue weighted by Gasteiger charge is -2.11. The first kappa shape index (κ1) is 17.1. The van der Waals surface area contributed by atoms with Crippen molar-refractivity contribution in [3.8, 4) is 0 Å². The van der Waals surface area contributed by atoms with E-state index in [-0.39, 0.29) is 11.4 Å². The van der Waals surface area contributed by atoms with Crippen LogP contribution in [0, 0.1) is 0 Å². The first-order chi connectivity index (χ1) is 8.77. The molecule has 1 rings (SSSR count). The summed E-state index contributed by atoms with van der Waals surface area (Å²) in [6, 6.07) is 4.79. The summed E-state index contributed by atoms with van der Waals surface area (Å²) in [5, 5.41) is 0. The van der Waals surface area contributed by atoms with Gasteiger partial charge in [-0.05, 0) is 34.1 Å². The van der Waals surface area contributed by atoms with E-state index in [1.165, 1.54) is 13.2 Å². The molecule has 0 heterocycles. The molecule has 0 radical (unpaired) electrons. The van der Waals surface area contributed by atoms with E-state index in [1.54, 1.807) is 12.1 Å². The first-order valence-corrected chi connectivity index (χ1v) is 8.93. The zero-order valence-electron chi connectivity index (χ0n) is 9.69.